The minimum absolute atomic E-state index is 0.0540. The van der Waals surface area contributed by atoms with Crippen molar-refractivity contribution in [2.45, 2.75) is 26.4 Å². The molecule has 1 saturated heterocycles. The molecule has 1 aliphatic heterocycles. The first kappa shape index (κ1) is 9.48. The number of hydrogen-bond donors (Lipinski definition) is 1. The molecule has 70 valence electrons. The van der Waals surface area contributed by atoms with E-state index in [1.165, 1.54) is 5.06 Å². The fourth-order valence-electron chi connectivity index (χ4n) is 1.05. The highest BCUT2D eigenvalue weighted by atomic mass is 16.7. The van der Waals surface area contributed by atoms with Crippen LogP contribution in [-0.4, -0.2) is 35.3 Å². The van der Waals surface area contributed by atoms with Crippen LogP contribution in [0.3, 0.4) is 0 Å². The third-order valence-electron chi connectivity index (χ3n) is 1.88. The van der Waals surface area contributed by atoms with E-state index in [4.69, 9.17) is 4.84 Å². The normalized spacial score (nSPS) is 20.2. The van der Waals surface area contributed by atoms with Crippen LogP contribution in [0.25, 0.3) is 0 Å². The molecule has 4 heteroatoms. The second-order valence-electron chi connectivity index (χ2n) is 3.32. The molecule has 1 aliphatic rings. The number of aliphatic hydroxyl groups excluding tert-OH is 1. The number of carbonyl (C=O) groups is 1. The second-order valence-corrected chi connectivity index (χ2v) is 3.32. The summed E-state index contributed by atoms with van der Waals surface area (Å²) in [5.74, 6) is -0.371. The Bertz CT molecular complexity index is 160. The highest BCUT2D eigenvalue weighted by Crippen LogP contribution is 2.10. The van der Waals surface area contributed by atoms with Crippen molar-refractivity contribution in [2.75, 3.05) is 13.2 Å². The molecule has 1 heterocycles. The molecular weight excluding hydrogens is 158 g/mol. The summed E-state index contributed by atoms with van der Waals surface area (Å²) in [7, 11) is 0. The third kappa shape index (κ3) is 1.95. The molecule has 0 spiro atoms. The van der Waals surface area contributed by atoms with Crippen LogP contribution >= 0.6 is 0 Å². The van der Waals surface area contributed by atoms with E-state index in [2.05, 4.69) is 0 Å². The Morgan fingerprint density at radius 3 is 2.67 bits per heavy atom. The van der Waals surface area contributed by atoms with Gasteiger partial charge in [0.15, 0.2) is 0 Å². The Morgan fingerprint density at radius 1 is 1.58 bits per heavy atom. The largest absolute Gasteiger partial charge is 0.383 e. The van der Waals surface area contributed by atoms with Crippen LogP contribution in [0.4, 0.5) is 0 Å². The monoisotopic (exact) mass is 173 g/mol. The topological polar surface area (TPSA) is 49.8 Å². The van der Waals surface area contributed by atoms with Gasteiger partial charge in [0.2, 0.25) is 0 Å². The molecule has 1 amide bonds. The van der Waals surface area contributed by atoms with Gasteiger partial charge < -0.3 is 5.11 Å². The lowest BCUT2D eigenvalue weighted by Crippen LogP contribution is -2.39. The first-order valence-electron chi connectivity index (χ1n) is 4.25. The van der Waals surface area contributed by atoms with Gasteiger partial charge >= 0.3 is 0 Å². The number of aliphatic hydroxyl groups is 1. The fourth-order valence-corrected chi connectivity index (χ4v) is 1.05. The number of nitrogens with zero attached hydrogens (tertiary/aromatic N) is 1. The van der Waals surface area contributed by atoms with Gasteiger partial charge in [-0.3, -0.25) is 9.63 Å². The van der Waals surface area contributed by atoms with Crippen LogP contribution in [0.15, 0.2) is 0 Å². The van der Waals surface area contributed by atoms with Crippen LogP contribution in [0, 0.1) is 5.92 Å². The summed E-state index contributed by atoms with van der Waals surface area (Å²) in [6, 6.07) is 0. The number of hydroxylamine groups is 2. The summed E-state index contributed by atoms with van der Waals surface area (Å²) >= 11 is 0. The van der Waals surface area contributed by atoms with Gasteiger partial charge in [-0.15, -0.1) is 0 Å². The highest BCUT2D eigenvalue weighted by molar-refractivity contribution is 5.80. The molecule has 1 fully saturated rings. The van der Waals surface area contributed by atoms with Crippen LogP contribution in [0.1, 0.15) is 20.3 Å². The van der Waals surface area contributed by atoms with Gasteiger partial charge in [-0.25, -0.2) is 5.06 Å². The van der Waals surface area contributed by atoms with Gasteiger partial charge in [0.05, 0.1) is 13.2 Å². The zero-order chi connectivity index (χ0) is 9.14. The predicted octanol–water partition coefficient (Wildman–Crippen LogP) is 0.167. The van der Waals surface area contributed by atoms with Crippen molar-refractivity contribution in [2.24, 2.45) is 5.92 Å². The van der Waals surface area contributed by atoms with E-state index in [-0.39, 0.29) is 11.8 Å². The Balaban J connectivity index is 2.45. The minimum atomic E-state index is -0.928. The molecule has 1 rings (SSSR count). The van der Waals surface area contributed by atoms with Gasteiger partial charge in [-0.2, -0.15) is 0 Å². The average molecular weight is 173 g/mol. The molecule has 1 atom stereocenters. The SMILES string of the molecule is CC(C)[C@H](O)C(=O)N1CCCO1. The third-order valence-corrected chi connectivity index (χ3v) is 1.88. The number of amides is 1. The lowest BCUT2D eigenvalue weighted by atomic mass is 10.1. The molecule has 4 nitrogen and oxygen atoms in total. The molecule has 0 aromatic heterocycles. The van der Waals surface area contributed by atoms with Crippen LogP contribution < -0.4 is 0 Å². The van der Waals surface area contributed by atoms with E-state index in [1.807, 2.05) is 0 Å². The van der Waals surface area contributed by atoms with Crippen molar-refractivity contribution in [1.82, 2.24) is 5.06 Å². The molecule has 0 unspecified atom stereocenters. The van der Waals surface area contributed by atoms with Crippen molar-refractivity contribution >= 4 is 5.91 Å². The van der Waals surface area contributed by atoms with Gasteiger partial charge in [-0.1, -0.05) is 13.8 Å². The molecular formula is C8H15NO3. The van der Waals surface area contributed by atoms with Gasteiger partial charge in [0.1, 0.15) is 6.10 Å². The van der Waals surface area contributed by atoms with E-state index < -0.39 is 6.10 Å². The molecule has 1 N–H and O–H groups in total. The van der Waals surface area contributed by atoms with E-state index >= 15 is 0 Å². The standard InChI is InChI=1S/C8H15NO3/c1-6(2)7(10)8(11)9-4-3-5-12-9/h6-7,10H,3-5H2,1-2H3/t7-/m0/s1. The van der Waals surface area contributed by atoms with Crippen LogP contribution in [-0.2, 0) is 9.63 Å². The zero-order valence-corrected chi connectivity index (χ0v) is 7.49. The summed E-state index contributed by atoms with van der Waals surface area (Å²) < 4.78 is 0. The number of carbonyl (C=O) groups excluding carboxylic acids is 1. The lowest BCUT2D eigenvalue weighted by Gasteiger charge is -2.19. The average Bonchev–Trinajstić information content (AvgIpc) is 2.53. The Kier molecular flexibility index (Phi) is 3.05. The smallest absolute Gasteiger partial charge is 0.275 e. The highest BCUT2D eigenvalue weighted by Gasteiger charge is 2.27. The minimum Gasteiger partial charge on any atom is -0.383 e. The number of hydrogen-bond acceptors (Lipinski definition) is 3. The van der Waals surface area contributed by atoms with Gasteiger partial charge in [0, 0.05) is 0 Å². The zero-order valence-electron chi connectivity index (χ0n) is 7.49. The predicted molar refractivity (Wildman–Crippen MR) is 43.1 cm³/mol. The summed E-state index contributed by atoms with van der Waals surface area (Å²) in [4.78, 5) is 16.3. The first-order valence-corrected chi connectivity index (χ1v) is 4.25. The summed E-state index contributed by atoms with van der Waals surface area (Å²) in [5, 5.41) is 10.6. The molecule has 0 radical (unpaired) electrons. The molecule has 0 bridgehead atoms. The van der Waals surface area contributed by atoms with E-state index in [1.54, 1.807) is 13.8 Å². The molecule has 0 aromatic rings. The van der Waals surface area contributed by atoms with Crippen molar-refractivity contribution in [3.8, 4) is 0 Å². The fraction of sp³-hybridized carbons (Fsp3) is 0.875. The Morgan fingerprint density at radius 2 is 2.25 bits per heavy atom. The van der Waals surface area contributed by atoms with Gasteiger partial charge in [0.25, 0.3) is 5.91 Å². The molecule has 0 aliphatic carbocycles. The van der Waals surface area contributed by atoms with Crippen molar-refractivity contribution in [3.63, 3.8) is 0 Å². The lowest BCUT2D eigenvalue weighted by molar-refractivity contribution is -0.179. The van der Waals surface area contributed by atoms with Crippen molar-refractivity contribution in [1.29, 1.82) is 0 Å². The van der Waals surface area contributed by atoms with E-state index in [0.717, 1.165) is 6.42 Å². The summed E-state index contributed by atoms with van der Waals surface area (Å²) in [5.41, 5.74) is 0. The maximum absolute atomic E-state index is 11.3. The Hall–Kier alpha value is -0.610. The van der Waals surface area contributed by atoms with Crippen molar-refractivity contribution < 1.29 is 14.7 Å². The molecule has 12 heavy (non-hydrogen) atoms. The van der Waals surface area contributed by atoms with Crippen LogP contribution in [0.2, 0.25) is 0 Å². The Labute approximate surface area is 72.1 Å². The second kappa shape index (κ2) is 3.87. The maximum Gasteiger partial charge on any atom is 0.275 e. The van der Waals surface area contributed by atoms with E-state index in [0.29, 0.717) is 13.2 Å². The summed E-state index contributed by atoms with van der Waals surface area (Å²) in [6.07, 6.45) is -0.0700. The number of rotatable bonds is 2. The van der Waals surface area contributed by atoms with Crippen molar-refractivity contribution in [3.05, 3.63) is 0 Å². The molecule has 0 saturated carbocycles. The van der Waals surface area contributed by atoms with Crippen LogP contribution in [0.5, 0.6) is 0 Å². The molecule has 0 aromatic carbocycles. The van der Waals surface area contributed by atoms with E-state index in [9.17, 15) is 9.90 Å². The quantitative estimate of drug-likeness (QED) is 0.647. The van der Waals surface area contributed by atoms with Gasteiger partial charge in [-0.05, 0) is 12.3 Å². The first-order chi connectivity index (χ1) is 5.63. The maximum atomic E-state index is 11.3. The summed E-state index contributed by atoms with van der Waals surface area (Å²) in [6.45, 7) is 4.79.